The number of nitrogens with one attached hydrogen (secondary N) is 1. The van der Waals surface area contributed by atoms with Crippen molar-refractivity contribution in [2.24, 2.45) is 5.84 Å². The largest absolute Gasteiger partial charge is 0.383 e. The molecular weight excluding hydrogens is 336 g/mol. The van der Waals surface area contributed by atoms with Crippen LogP contribution in [0.15, 0.2) is 10.7 Å². The van der Waals surface area contributed by atoms with Gasteiger partial charge in [0.2, 0.25) is 0 Å². The van der Waals surface area contributed by atoms with Gasteiger partial charge in [-0.1, -0.05) is 0 Å². The second-order valence-corrected chi connectivity index (χ2v) is 6.40. The van der Waals surface area contributed by atoms with Gasteiger partial charge in [0.25, 0.3) is 0 Å². The fourth-order valence-electron chi connectivity index (χ4n) is 2.81. The second kappa shape index (κ2) is 7.66. The predicted octanol–water partition coefficient (Wildman–Crippen LogP) is 0.0422. The number of nitrogens with zero attached hydrogens (tertiary/aromatic N) is 4. The molecule has 1 saturated heterocycles. The Morgan fingerprint density at radius 1 is 1.52 bits per heavy atom. The monoisotopic (exact) mass is 360 g/mol. The molecular formula is C13H25BrN6O. The summed E-state index contributed by atoms with van der Waals surface area (Å²) < 4.78 is 8.09. The lowest BCUT2D eigenvalue weighted by atomic mass is 10.0. The quantitative estimate of drug-likeness (QED) is 0.551. The Labute approximate surface area is 134 Å². The van der Waals surface area contributed by atoms with Gasteiger partial charge in [0.15, 0.2) is 0 Å². The number of ether oxygens (including phenoxy) is 1. The van der Waals surface area contributed by atoms with Crippen LogP contribution in [0.1, 0.15) is 11.7 Å². The zero-order valence-electron chi connectivity index (χ0n) is 12.9. The Kier molecular flexibility index (Phi) is 6.15. The van der Waals surface area contributed by atoms with E-state index in [-0.39, 0.29) is 6.04 Å². The number of methoxy groups -OCH3 is 1. The van der Waals surface area contributed by atoms with E-state index in [9.17, 15) is 0 Å². The number of nitrogens with two attached hydrogens (primary N) is 1. The van der Waals surface area contributed by atoms with Crippen LogP contribution in [0.3, 0.4) is 0 Å². The molecule has 0 aliphatic carbocycles. The van der Waals surface area contributed by atoms with Crippen LogP contribution in [0.4, 0.5) is 0 Å². The molecule has 2 unspecified atom stereocenters. The Hall–Kier alpha value is -0.510. The summed E-state index contributed by atoms with van der Waals surface area (Å²) in [4.78, 5) is 4.68. The van der Waals surface area contributed by atoms with Crippen molar-refractivity contribution in [3.63, 3.8) is 0 Å². The maximum Gasteiger partial charge on any atom is 0.0807 e. The minimum Gasteiger partial charge on any atom is -0.383 e. The Bertz CT molecular complexity index is 454. The molecule has 0 amide bonds. The molecule has 2 rings (SSSR count). The van der Waals surface area contributed by atoms with Crippen LogP contribution in [0.2, 0.25) is 0 Å². The van der Waals surface area contributed by atoms with Crippen LogP contribution in [0, 0.1) is 0 Å². The van der Waals surface area contributed by atoms with Crippen molar-refractivity contribution >= 4 is 15.9 Å². The molecule has 2 heterocycles. The molecule has 21 heavy (non-hydrogen) atoms. The molecule has 0 saturated carbocycles. The minimum absolute atomic E-state index is 0.00600. The summed E-state index contributed by atoms with van der Waals surface area (Å²) in [6, 6.07) is 0.300. The van der Waals surface area contributed by atoms with Crippen molar-refractivity contribution in [2.45, 2.75) is 18.6 Å². The van der Waals surface area contributed by atoms with Crippen LogP contribution >= 0.6 is 15.9 Å². The fraction of sp³-hybridized carbons (Fsp3) is 0.769. The second-order valence-electron chi connectivity index (χ2n) is 5.55. The first-order valence-electron chi connectivity index (χ1n) is 7.13. The molecule has 2 atom stereocenters. The maximum atomic E-state index is 5.88. The van der Waals surface area contributed by atoms with Crippen LogP contribution in [-0.4, -0.2) is 73.1 Å². The molecule has 1 aliphatic rings. The summed E-state index contributed by atoms with van der Waals surface area (Å²) in [6.07, 6.45) is 1.82. The number of hydrazine groups is 1. The molecule has 1 aromatic rings. The molecule has 8 heteroatoms. The summed E-state index contributed by atoms with van der Waals surface area (Å²) in [5.41, 5.74) is 4.05. The zero-order chi connectivity index (χ0) is 15.4. The third-order valence-electron chi connectivity index (χ3n) is 4.10. The van der Waals surface area contributed by atoms with Gasteiger partial charge in [0.05, 0.1) is 35.6 Å². The van der Waals surface area contributed by atoms with E-state index in [1.807, 2.05) is 10.9 Å². The highest BCUT2D eigenvalue weighted by molar-refractivity contribution is 9.10. The number of hydrogen-bond acceptors (Lipinski definition) is 6. The average molecular weight is 361 g/mol. The van der Waals surface area contributed by atoms with E-state index in [2.05, 4.69) is 50.3 Å². The molecule has 0 bridgehead atoms. The number of likely N-dealkylation sites (N-methyl/N-ethyl adjacent to an activating group) is 2. The molecule has 3 N–H and O–H groups in total. The van der Waals surface area contributed by atoms with E-state index in [0.717, 1.165) is 29.8 Å². The topological polar surface area (TPSA) is 71.6 Å². The van der Waals surface area contributed by atoms with Gasteiger partial charge in [0, 0.05) is 32.8 Å². The van der Waals surface area contributed by atoms with E-state index in [4.69, 9.17) is 10.6 Å². The van der Waals surface area contributed by atoms with Crippen LogP contribution in [-0.2, 0) is 11.3 Å². The first-order chi connectivity index (χ1) is 10.1. The Morgan fingerprint density at radius 2 is 2.29 bits per heavy atom. The van der Waals surface area contributed by atoms with Crippen molar-refractivity contribution in [2.75, 3.05) is 47.4 Å². The van der Waals surface area contributed by atoms with Gasteiger partial charge >= 0.3 is 0 Å². The highest BCUT2D eigenvalue weighted by atomic mass is 79.9. The van der Waals surface area contributed by atoms with E-state index < -0.39 is 0 Å². The zero-order valence-corrected chi connectivity index (χ0v) is 14.5. The predicted molar refractivity (Wildman–Crippen MR) is 85.8 cm³/mol. The minimum atomic E-state index is 0.00600. The lowest BCUT2D eigenvalue weighted by Gasteiger charge is -2.41. The van der Waals surface area contributed by atoms with Crippen molar-refractivity contribution in [1.29, 1.82) is 0 Å². The highest BCUT2D eigenvalue weighted by Crippen LogP contribution is 2.28. The lowest BCUT2D eigenvalue weighted by Crippen LogP contribution is -2.56. The standard InChI is InChI=1S/C13H25BrN6O/c1-18-4-5-19(2)11(9-18)12(17-15)13-10(14)8-16-20(13)6-7-21-3/h8,11-12,17H,4-7,9,15H2,1-3H3. The molecule has 0 spiro atoms. The van der Waals surface area contributed by atoms with Crippen molar-refractivity contribution in [1.82, 2.24) is 25.0 Å². The summed E-state index contributed by atoms with van der Waals surface area (Å²) >= 11 is 3.60. The summed E-state index contributed by atoms with van der Waals surface area (Å²) in [5, 5.41) is 4.42. The normalized spacial score (nSPS) is 22.6. The van der Waals surface area contributed by atoms with Gasteiger partial charge in [-0.3, -0.25) is 15.4 Å². The van der Waals surface area contributed by atoms with Crippen LogP contribution < -0.4 is 11.3 Å². The third kappa shape index (κ3) is 3.82. The number of rotatable bonds is 6. The van der Waals surface area contributed by atoms with Gasteiger partial charge in [-0.05, 0) is 30.0 Å². The molecule has 1 aromatic heterocycles. The number of aromatic nitrogens is 2. The fourth-order valence-corrected chi connectivity index (χ4v) is 3.36. The highest BCUT2D eigenvalue weighted by Gasteiger charge is 2.33. The Morgan fingerprint density at radius 3 is 2.95 bits per heavy atom. The van der Waals surface area contributed by atoms with Crippen molar-refractivity contribution in [3.05, 3.63) is 16.4 Å². The first kappa shape index (κ1) is 16.9. The van der Waals surface area contributed by atoms with Crippen LogP contribution in [0.25, 0.3) is 0 Å². The van der Waals surface area contributed by atoms with Gasteiger partial charge in [0.1, 0.15) is 0 Å². The van der Waals surface area contributed by atoms with E-state index in [1.54, 1.807) is 7.11 Å². The van der Waals surface area contributed by atoms with E-state index >= 15 is 0 Å². The first-order valence-corrected chi connectivity index (χ1v) is 7.92. The Balaban J connectivity index is 2.25. The molecule has 7 nitrogen and oxygen atoms in total. The molecule has 120 valence electrons. The SMILES string of the molecule is COCCn1ncc(Br)c1C(NN)C1CN(C)CCN1C. The van der Waals surface area contributed by atoms with Crippen LogP contribution in [0.5, 0.6) is 0 Å². The van der Waals surface area contributed by atoms with Gasteiger partial charge in [-0.2, -0.15) is 5.10 Å². The lowest BCUT2D eigenvalue weighted by molar-refractivity contribution is 0.0842. The number of hydrogen-bond donors (Lipinski definition) is 2. The maximum absolute atomic E-state index is 5.88. The van der Waals surface area contributed by atoms with Crippen molar-refractivity contribution in [3.8, 4) is 0 Å². The van der Waals surface area contributed by atoms with Crippen molar-refractivity contribution < 1.29 is 4.74 Å². The van der Waals surface area contributed by atoms with Gasteiger partial charge in [-0.25, -0.2) is 5.43 Å². The van der Waals surface area contributed by atoms with Gasteiger partial charge < -0.3 is 9.64 Å². The third-order valence-corrected chi connectivity index (χ3v) is 4.71. The molecule has 0 radical (unpaired) electrons. The molecule has 1 aliphatic heterocycles. The average Bonchev–Trinajstić information content (AvgIpc) is 2.83. The number of piperazine rings is 1. The summed E-state index contributed by atoms with van der Waals surface area (Å²) in [5.74, 6) is 5.88. The summed E-state index contributed by atoms with van der Waals surface area (Å²) in [7, 11) is 5.98. The summed E-state index contributed by atoms with van der Waals surface area (Å²) in [6.45, 7) is 4.41. The number of halogens is 1. The van der Waals surface area contributed by atoms with E-state index in [1.165, 1.54) is 0 Å². The molecule has 1 fully saturated rings. The van der Waals surface area contributed by atoms with Gasteiger partial charge in [-0.15, -0.1) is 0 Å². The molecule has 0 aromatic carbocycles. The smallest absolute Gasteiger partial charge is 0.0807 e. The van der Waals surface area contributed by atoms with E-state index in [0.29, 0.717) is 19.2 Å².